The van der Waals surface area contributed by atoms with Crippen LogP contribution in [0.1, 0.15) is 23.6 Å². The number of nitrogens with one attached hydrogen (secondary N) is 1. The molecule has 0 aliphatic rings. The van der Waals surface area contributed by atoms with Crippen LogP contribution in [-0.4, -0.2) is 26.8 Å². The molecule has 1 N–H and O–H groups in total. The van der Waals surface area contributed by atoms with Crippen molar-refractivity contribution in [3.63, 3.8) is 0 Å². The first-order valence-corrected chi connectivity index (χ1v) is 14.8. The molecule has 7 nitrogen and oxygen atoms in total. The third kappa shape index (κ3) is 8.65. The van der Waals surface area contributed by atoms with Gasteiger partial charge in [0.1, 0.15) is 18.3 Å². The van der Waals surface area contributed by atoms with Crippen LogP contribution in [0.4, 0.5) is 5.69 Å². The highest BCUT2D eigenvalue weighted by Gasteiger charge is 2.33. The van der Waals surface area contributed by atoms with E-state index in [1.807, 2.05) is 42.5 Å². The van der Waals surface area contributed by atoms with Gasteiger partial charge >= 0.3 is 0 Å². The van der Waals surface area contributed by atoms with E-state index in [0.29, 0.717) is 35.7 Å². The normalized spacial score (nSPS) is 12.0. The van der Waals surface area contributed by atoms with E-state index in [1.54, 1.807) is 79.7 Å². The summed E-state index contributed by atoms with van der Waals surface area (Å²) in [6, 6.07) is 34.7. The summed E-state index contributed by atoms with van der Waals surface area (Å²) in [4.78, 5) is 28.6. The van der Waals surface area contributed by atoms with Crippen LogP contribution in [0.3, 0.4) is 0 Å². The predicted octanol–water partition coefficient (Wildman–Crippen LogP) is 5.59. The van der Waals surface area contributed by atoms with E-state index >= 15 is 0 Å². The van der Waals surface area contributed by atoms with E-state index in [9.17, 15) is 18.0 Å². The highest BCUT2D eigenvalue weighted by atomic mass is 32.2. The van der Waals surface area contributed by atoms with Gasteiger partial charge in [0.15, 0.2) is 0 Å². The SMILES string of the molecule is CCN(C(=O)C(Cc1ccc(OCc2ccccc2)cc1)C(=O)NS(=O)(=O)C=Cc1ccccc1)c1ccccc1. The first-order valence-electron chi connectivity index (χ1n) is 13.3. The number of para-hydroxylation sites is 1. The molecule has 0 aliphatic carbocycles. The number of sulfonamides is 1. The van der Waals surface area contributed by atoms with Crippen LogP contribution in [0.2, 0.25) is 0 Å². The molecule has 4 aromatic rings. The van der Waals surface area contributed by atoms with Crippen molar-refractivity contribution in [2.75, 3.05) is 11.4 Å². The van der Waals surface area contributed by atoms with Crippen molar-refractivity contribution in [2.24, 2.45) is 5.92 Å². The van der Waals surface area contributed by atoms with Gasteiger partial charge in [-0.15, -0.1) is 0 Å². The van der Waals surface area contributed by atoms with Gasteiger partial charge < -0.3 is 9.64 Å². The summed E-state index contributed by atoms with van der Waals surface area (Å²) < 4.78 is 33.5. The van der Waals surface area contributed by atoms with Crippen LogP contribution in [0.5, 0.6) is 5.75 Å². The lowest BCUT2D eigenvalue weighted by atomic mass is 9.96. The average molecular weight is 569 g/mol. The number of hydrogen-bond donors (Lipinski definition) is 1. The molecule has 210 valence electrons. The van der Waals surface area contributed by atoms with Crippen molar-refractivity contribution in [1.29, 1.82) is 0 Å². The minimum Gasteiger partial charge on any atom is -0.489 e. The van der Waals surface area contributed by atoms with Crippen molar-refractivity contribution in [2.45, 2.75) is 20.0 Å². The lowest BCUT2D eigenvalue weighted by Gasteiger charge is -2.26. The van der Waals surface area contributed by atoms with Gasteiger partial charge in [-0.1, -0.05) is 91.0 Å². The number of rotatable bonds is 12. The molecule has 1 unspecified atom stereocenters. The van der Waals surface area contributed by atoms with Crippen molar-refractivity contribution >= 4 is 33.6 Å². The van der Waals surface area contributed by atoms with Crippen LogP contribution in [-0.2, 0) is 32.6 Å². The Morgan fingerprint density at radius 2 is 1.39 bits per heavy atom. The summed E-state index contributed by atoms with van der Waals surface area (Å²) >= 11 is 0. The van der Waals surface area contributed by atoms with Crippen LogP contribution in [0, 0.1) is 5.92 Å². The topological polar surface area (TPSA) is 92.8 Å². The summed E-state index contributed by atoms with van der Waals surface area (Å²) in [6.45, 7) is 2.51. The van der Waals surface area contributed by atoms with Gasteiger partial charge in [0.25, 0.3) is 10.0 Å². The Morgan fingerprint density at radius 3 is 2.00 bits per heavy atom. The maximum absolute atomic E-state index is 13.7. The molecule has 0 bridgehead atoms. The number of benzene rings is 4. The summed E-state index contributed by atoms with van der Waals surface area (Å²) in [7, 11) is -4.16. The quantitative estimate of drug-likeness (QED) is 0.225. The molecule has 4 aromatic carbocycles. The molecule has 0 fully saturated rings. The fourth-order valence-electron chi connectivity index (χ4n) is 4.23. The number of hydrogen-bond acceptors (Lipinski definition) is 5. The van der Waals surface area contributed by atoms with Gasteiger partial charge in [0.05, 0.1) is 5.41 Å². The fourth-order valence-corrected chi connectivity index (χ4v) is 5.06. The van der Waals surface area contributed by atoms with Crippen LogP contribution < -0.4 is 14.4 Å². The molecule has 0 aromatic heterocycles. The van der Waals surface area contributed by atoms with E-state index in [4.69, 9.17) is 4.74 Å². The Bertz CT molecular complexity index is 1560. The third-order valence-electron chi connectivity index (χ3n) is 6.36. The van der Waals surface area contributed by atoms with Crippen molar-refractivity contribution in [3.8, 4) is 5.75 Å². The molecule has 0 radical (unpaired) electrons. The number of carbonyl (C=O) groups excluding carboxylic acids is 2. The second-order valence-electron chi connectivity index (χ2n) is 9.32. The lowest BCUT2D eigenvalue weighted by Crippen LogP contribution is -2.46. The van der Waals surface area contributed by atoms with Crippen LogP contribution in [0.25, 0.3) is 6.08 Å². The minimum atomic E-state index is -4.16. The molecule has 4 rings (SSSR count). The smallest absolute Gasteiger partial charge is 0.257 e. The molecule has 0 saturated heterocycles. The van der Waals surface area contributed by atoms with E-state index in [-0.39, 0.29) is 6.42 Å². The third-order valence-corrected chi connectivity index (χ3v) is 7.34. The Kier molecular flexibility index (Phi) is 10.1. The minimum absolute atomic E-state index is 0.00485. The monoisotopic (exact) mass is 568 g/mol. The molecule has 0 heterocycles. The van der Waals surface area contributed by atoms with Gasteiger partial charge in [0.2, 0.25) is 11.8 Å². The highest BCUT2D eigenvalue weighted by Crippen LogP contribution is 2.22. The highest BCUT2D eigenvalue weighted by molar-refractivity contribution is 7.93. The van der Waals surface area contributed by atoms with E-state index in [0.717, 1.165) is 11.0 Å². The molecule has 0 spiro atoms. The number of nitrogens with zero attached hydrogens (tertiary/aromatic N) is 1. The van der Waals surface area contributed by atoms with Gasteiger partial charge in [0, 0.05) is 12.2 Å². The number of amides is 2. The van der Waals surface area contributed by atoms with Crippen LogP contribution in [0.15, 0.2) is 121 Å². The van der Waals surface area contributed by atoms with E-state index < -0.39 is 27.8 Å². The van der Waals surface area contributed by atoms with Gasteiger partial charge in [-0.25, -0.2) is 13.1 Å². The van der Waals surface area contributed by atoms with E-state index in [1.165, 1.54) is 11.0 Å². The Morgan fingerprint density at radius 1 is 0.805 bits per heavy atom. The molecule has 0 aliphatic heterocycles. The molecule has 0 saturated carbocycles. The van der Waals surface area contributed by atoms with E-state index in [2.05, 4.69) is 4.72 Å². The Balaban J connectivity index is 1.53. The Hall–Kier alpha value is -4.69. The summed E-state index contributed by atoms with van der Waals surface area (Å²) in [5.74, 6) is -2.04. The standard InChI is InChI=1S/C33H32N2O5S/c1-2-35(29-16-10-5-11-17-29)33(37)31(32(36)34-41(38,39)23-22-26-12-6-3-7-13-26)24-27-18-20-30(21-19-27)40-25-28-14-8-4-9-15-28/h3-23,31H,2,24-25H2,1H3,(H,34,36). The lowest BCUT2D eigenvalue weighted by molar-refractivity contribution is -0.132. The van der Waals surface area contributed by atoms with Crippen molar-refractivity contribution < 1.29 is 22.7 Å². The zero-order valence-electron chi connectivity index (χ0n) is 22.7. The molecule has 8 heteroatoms. The maximum Gasteiger partial charge on any atom is 0.257 e. The van der Waals surface area contributed by atoms with Crippen molar-refractivity contribution in [3.05, 3.63) is 137 Å². The first kappa shape index (κ1) is 29.3. The first-order chi connectivity index (χ1) is 19.8. The maximum atomic E-state index is 13.7. The second kappa shape index (κ2) is 14.1. The number of carbonyl (C=O) groups is 2. The molecular weight excluding hydrogens is 536 g/mol. The summed E-state index contributed by atoms with van der Waals surface area (Å²) in [5, 5.41) is 0.926. The van der Waals surface area contributed by atoms with Gasteiger partial charge in [-0.2, -0.15) is 0 Å². The zero-order valence-corrected chi connectivity index (χ0v) is 23.5. The van der Waals surface area contributed by atoms with Gasteiger partial charge in [-0.05, 0) is 60.4 Å². The Labute approximate surface area is 241 Å². The zero-order chi connectivity index (χ0) is 29.1. The fraction of sp³-hybridized carbons (Fsp3) is 0.152. The molecule has 2 amide bonds. The van der Waals surface area contributed by atoms with Crippen molar-refractivity contribution in [1.82, 2.24) is 4.72 Å². The number of ether oxygens (including phenoxy) is 1. The largest absolute Gasteiger partial charge is 0.489 e. The van der Waals surface area contributed by atoms with Crippen LogP contribution >= 0.6 is 0 Å². The molecular formula is C33H32N2O5S. The molecule has 1 atom stereocenters. The second-order valence-corrected chi connectivity index (χ2v) is 10.9. The summed E-state index contributed by atoms with van der Waals surface area (Å²) in [5.41, 5.74) is 3.00. The summed E-state index contributed by atoms with van der Waals surface area (Å²) in [6.07, 6.45) is 1.40. The molecule has 41 heavy (non-hydrogen) atoms. The number of anilines is 1. The average Bonchev–Trinajstić information content (AvgIpc) is 3.00. The van der Waals surface area contributed by atoms with Gasteiger partial charge in [-0.3, -0.25) is 9.59 Å². The predicted molar refractivity (Wildman–Crippen MR) is 161 cm³/mol.